The Morgan fingerprint density at radius 3 is 2.48 bits per heavy atom. The van der Waals surface area contributed by atoms with Crippen molar-refractivity contribution >= 4 is 40.1 Å². The number of carbonyl (C=O) groups is 3. The van der Waals surface area contributed by atoms with Gasteiger partial charge in [0.1, 0.15) is 29.2 Å². The van der Waals surface area contributed by atoms with E-state index < -0.39 is 18.1 Å². The minimum Gasteiger partial charge on any atom is -0.507 e. The molecule has 6 heterocycles. The van der Waals surface area contributed by atoms with Gasteiger partial charge in [0.25, 0.3) is 5.91 Å². The number of benzene rings is 2. The number of nitrogens with one attached hydrogen (secondary N) is 2. The van der Waals surface area contributed by atoms with Crippen LogP contribution in [0.4, 0.5) is 0 Å². The Labute approximate surface area is 326 Å². The largest absolute Gasteiger partial charge is 0.507 e. The zero-order valence-electron chi connectivity index (χ0n) is 31.3. The third-order valence-electron chi connectivity index (χ3n) is 10.8. The molecule has 2 fully saturated rings. The zero-order valence-corrected chi connectivity index (χ0v) is 32.2. The molecule has 56 heavy (non-hydrogen) atoms. The number of aromatic amines is 1. The summed E-state index contributed by atoms with van der Waals surface area (Å²) in [6.45, 7) is 8.53. The summed E-state index contributed by atoms with van der Waals surface area (Å²) in [5, 5.41) is 37.4. The van der Waals surface area contributed by atoms with Crippen molar-refractivity contribution in [1.82, 2.24) is 40.4 Å². The van der Waals surface area contributed by atoms with E-state index in [2.05, 4.69) is 30.6 Å². The third-order valence-corrected chi connectivity index (χ3v) is 11.8. The zero-order chi connectivity index (χ0) is 39.2. The van der Waals surface area contributed by atoms with E-state index in [-0.39, 0.29) is 54.3 Å². The lowest BCUT2D eigenvalue weighted by Crippen LogP contribution is -2.48. The molecule has 0 unspecified atom stereocenters. The molecule has 4 aromatic heterocycles. The molecule has 14 nitrogen and oxygen atoms in total. The smallest absolute Gasteiger partial charge is 0.270 e. The number of fused-ring (bicyclic) bond motifs is 1. The fourth-order valence-electron chi connectivity index (χ4n) is 7.63. The van der Waals surface area contributed by atoms with Gasteiger partial charge in [-0.2, -0.15) is 0 Å². The number of amides is 3. The molecule has 4 atom stereocenters. The van der Waals surface area contributed by atoms with Gasteiger partial charge in [0.15, 0.2) is 5.65 Å². The fraction of sp³-hybridized carbons (Fsp3) is 0.341. The van der Waals surface area contributed by atoms with Crippen molar-refractivity contribution in [1.29, 1.82) is 0 Å². The number of phenols is 1. The van der Waals surface area contributed by atoms with Crippen LogP contribution in [0.2, 0.25) is 0 Å². The molecule has 15 heteroatoms. The van der Waals surface area contributed by atoms with Gasteiger partial charge in [0.05, 0.1) is 39.6 Å². The van der Waals surface area contributed by atoms with E-state index in [0.717, 1.165) is 21.7 Å². The number of aliphatic hydroxyl groups is 1. The number of aliphatic hydroxyl groups excluding tert-OH is 1. The number of hydrogen-bond donors (Lipinski definition) is 4. The van der Waals surface area contributed by atoms with Crippen LogP contribution < -0.4 is 5.32 Å². The van der Waals surface area contributed by atoms with Crippen molar-refractivity contribution < 1.29 is 29.1 Å². The van der Waals surface area contributed by atoms with Crippen LogP contribution in [-0.4, -0.2) is 94.8 Å². The van der Waals surface area contributed by atoms with Gasteiger partial charge in [-0.15, -0.1) is 21.5 Å². The lowest BCUT2D eigenvalue weighted by Gasteiger charge is -2.37. The standard InChI is InChI=1S/C41H42N8O6S/c1-21(2)36(41(54)49-19-28(50)15-33(49)39(52)43-22(3)24-9-11-25(12-10-24)37-23(4)42-20-56-37)35-16-30(47-55-35)27-17-48(18-27)40(53)32-14-26-13-31(45-46-38(26)44-32)29-7-5-6-8-34(29)51/h5-14,16,20-22,27-28,33,36,50-51H,15,17-19H2,1-4H3,(H,43,52)(H,44,46)/t22-,28+,33-,36-/m0/s1. The van der Waals surface area contributed by atoms with Crippen molar-refractivity contribution in [3.8, 4) is 27.4 Å². The van der Waals surface area contributed by atoms with Crippen molar-refractivity contribution in [2.75, 3.05) is 19.6 Å². The maximum atomic E-state index is 14.2. The van der Waals surface area contributed by atoms with Crippen LogP contribution in [-0.2, 0) is 9.59 Å². The van der Waals surface area contributed by atoms with Gasteiger partial charge < -0.3 is 34.8 Å². The highest BCUT2D eigenvalue weighted by Gasteiger charge is 2.44. The quantitative estimate of drug-likeness (QED) is 0.137. The van der Waals surface area contributed by atoms with Crippen molar-refractivity contribution in [3.63, 3.8) is 0 Å². The number of aryl methyl sites for hydroxylation is 1. The number of carbonyl (C=O) groups excluding carboxylic acids is 3. The van der Waals surface area contributed by atoms with Gasteiger partial charge in [-0.25, -0.2) is 4.98 Å². The maximum Gasteiger partial charge on any atom is 0.270 e. The van der Waals surface area contributed by atoms with E-state index in [9.17, 15) is 24.6 Å². The summed E-state index contributed by atoms with van der Waals surface area (Å²) in [6, 6.07) is 18.9. The predicted octanol–water partition coefficient (Wildman–Crippen LogP) is 5.57. The summed E-state index contributed by atoms with van der Waals surface area (Å²) >= 11 is 1.58. The predicted molar refractivity (Wildman–Crippen MR) is 209 cm³/mol. The first-order chi connectivity index (χ1) is 26.9. The Kier molecular flexibility index (Phi) is 9.89. The fourth-order valence-corrected chi connectivity index (χ4v) is 8.44. The number of β-amino-alcohol motifs (C(OH)–C–C–N with tert-alkyl or cyclic N) is 1. The van der Waals surface area contributed by atoms with E-state index in [0.29, 0.717) is 52.5 Å². The van der Waals surface area contributed by atoms with Crippen LogP contribution in [0.5, 0.6) is 5.75 Å². The molecular formula is C41H42N8O6S. The Morgan fingerprint density at radius 2 is 1.77 bits per heavy atom. The van der Waals surface area contributed by atoms with E-state index in [4.69, 9.17) is 4.52 Å². The number of H-pyrrole nitrogens is 1. The van der Waals surface area contributed by atoms with E-state index >= 15 is 0 Å². The number of thiazole rings is 1. The summed E-state index contributed by atoms with van der Waals surface area (Å²) in [7, 11) is 0. The number of nitrogens with zero attached hydrogens (tertiary/aromatic N) is 6. The summed E-state index contributed by atoms with van der Waals surface area (Å²) in [6.07, 6.45) is -0.709. The third kappa shape index (κ3) is 7.03. The molecule has 0 saturated carbocycles. The van der Waals surface area contributed by atoms with Crippen LogP contribution in [0.1, 0.15) is 78.3 Å². The van der Waals surface area contributed by atoms with Crippen LogP contribution in [0, 0.1) is 12.8 Å². The molecule has 8 rings (SSSR count). The number of aromatic nitrogens is 5. The molecule has 2 aliphatic heterocycles. The first-order valence-corrected chi connectivity index (χ1v) is 19.5. The first-order valence-electron chi connectivity index (χ1n) is 18.6. The highest BCUT2D eigenvalue weighted by Crippen LogP contribution is 2.36. The topological polar surface area (TPSA) is 191 Å². The Hall–Kier alpha value is -5.93. The van der Waals surface area contributed by atoms with Gasteiger partial charge in [-0.3, -0.25) is 14.4 Å². The van der Waals surface area contributed by atoms with Gasteiger partial charge >= 0.3 is 0 Å². The average molecular weight is 775 g/mol. The van der Waals surface area contributed by atoms with Gasteiger partial charge in [-0.05, 0) is 55.2 Å². The van der Waals surface area contributed by atoms with E-state index in [1.807, 2.05) is 57.5 Å². The highest BCUT2D eigenvalue weighted by atomic mass is 32.1. The minimum atomic E-state index is -0.846. The molecule has 2 aromatic carbocycles. The maximum absolute atomic E-state index is 14.2. The van der Waals surface area contributed by atoms with Crippen LogP contribution >= 0.6 is 11.3 Å². The molecule has 2 aliphatic rings. The second-order valence-electron chi connectivity index (χ2n) is 15.0. The molecule has 4 N–H and O–H groups in total. The molecule has 3 amide bonds. The summed E-state index contributed by atoms with van der Waals surface area (Å²) in [5.74, 6) is -1.39. The first kappa shape index (κ1) is 37.0. The molecule has 0 bridgehead atoms. The number of phenolic OH excluding ortho intramolecular Hbond substituents is 1. The van der Waals surface area contributed by atoms with Gasteiger partial charge in [-0.1, -0.05) is 55.4 Å². The molecule has 0 aliphatic carbocycles. The Bertz CT molecular complexity index is 2420. The number of likely N-dealkylation sites (tertiary alicyclic amines) is 2. The molecule has 0 spiro atoms. The van der Waals surface area contributed by atoms with E-state index in [1.54, 1.807) is 58.7 Å². The summed E-state index contributed by atoms with van der Waals surface area (Å²) in [4.78, 5) is 52.9. The van der Waals surface area contributed by atoms with E-state index in [1.165, 1.54) is 4.90 Å². The minimum absolute atomic E-state index is 0.0352. The van der Waals surface area contributed by atoms with Crippen LogP contribution in [0.15, 0.2) is 76.8 Å². The van der Waals surface area contributed by atoms with Gasteiger partial charge in [0.2, 0.25) is 11.8 Å². The highest BCUT2D eigenvalue weighted by molar-refractivity contribution is 7.13. The number of rotatable bonds is 10. The Morgan fingerprint density at radius 1 is 1.00 bits per heavy atom. The number of aromatic hydroxyl groups is 1. The lowest BCUT2D eigenvalue weighted by molar-refractivity contribution is -0.141. The second-order valence-corrected chi connectivity index (χ2v) is 15.9. The number of hydrogen-bond acceptors (Lipinski definition) is 11. The molecule has 6 aromatic rings. The van der Waals surface area contributed by atoms with Crippen molar-refractivity contribution in [2.45, 2.75) is 64.1 Å². The Balaban J connectivity index is 0.906. The molecule has 2 saturated heterocycles. The van der Waals surface area contributed by atoms with Crippen LogP contribution in [0.3, 0.4) is 0 Å². The number of para-hydroxylation sites is 1. The summed E-state index contributed by atoms with van der Waals surface area (Å²) < 4.78 is 5.78. The average Bonchev–Trinajstić information content (AvgIpc) is 3.98. The van der Waals surface area contributed by atoms with Crippen LogP contribution in [0.25, 0.3) is 32.7 Å². The van der Waals surface area contributed by atoms with Crippen molar-refractivity contribution in [3.05, 3.63) is 101 Å². The SMILES string of the molecule is Cc1ncsc1-c1ccc([C@H](C)NC(=O)[C@@H]2C[C@@H](O)CN2C(=O)[C@H](c2cc(C3CN(C(=O)c4cc5cc(-c6ccccc6O)nnc5[nH]4)C3)no2)C(C)C)cc1. The van der Waals surface area contributed by atoms with Gasteiger partial charge in [0, 0.05) is 49.0 Å². The normalized spacial score (nSPS) is 18.3. The second kappa shape index (κ2) is 15.0. The van der Waals surface area contributed by atoms with Crippen molar-refractivity contribution in [2.24, 2.45) is 5.92 Å². The lowest BCUT2D eigenvalue weighted by atomic mass is 9.89. The monoisotopic (exact) mass is 774 g/mol. The molecule has 0 radical (unpaired) electrons. The molecule has 288 valence electrons. The summed E-state index contributed by atoms with van der Waals surface area (Å²) in [5.41, 5.74) is 7.27. The molecular weight excluding hydrogens is 733 g/mol.